The van der Waals surface area contributed by atoms with E-state index in [2.05, 4.69) is 10.3 Å². The number of aryl methyl sites for hydroxylation is 1. The van der Waals surface area contributed by atoms with Crippen molar-refractivity contribution in [1.29, 1.82) is 0 Å². The number of benzene rings is 2. The number of carbonyl (C=O) groups excluding carboxylic acids is 3. The van der Waals surface area contributed by atoms with Crippen molar-refractivity contribution in [3.63, 3.8) is 0 Å². The predicted molar refractivity (Wildman–Crippen MR) is 154 cm³/mol. The fourth-order valence-corrected chi connectivity index (χ4v) is 6.02. The molecule has 0 aliphatic carbocycles. The van der Waals surface area contributed by atoms with Crippen LogP contribution in [0.1, 0.15) is 48.4 Å². The van der Waals surface area contributed by atoms with Gasteiger partial charge in [0, 0.05) is 53.9 Å². The third-order valence-corrected chi connectivity index (χ3v) is 8.05. The van der Waals surface area contributed by atoms with Gasteiger partial charge in [0.2, 0.25) is 0 Å². The summed E-state index contributed by atoms with van der Waals surface area (Å²) in [6.07, 6.45) is 0.0772. The number of pyridine rings is 1. The van der Waals surface area contributed by atoms with Crippen LogP contribution in [-0.2, 0) is 16.1 Å². The quantitative estimate of drug-likeness (QED) is 0.286. The highest BCUT2D eigenvalue weighted by Gasteiger charge is 2.31. The van der Waals surface area contributed by atoms with Crippen molar-refractivity contribution in [3.05, 3.63) is 69.6 Å². The van der Waals surface area contributed by atoms with E-state index >= 15 is 0 Å². The molecule has 0 radical (unpaired) electrons. The summed E-state index contributed by atoms with van der Waals surface area (Å²) >= 11 is 1.29. The molecule has 1 N–H and O–H groups in total. The standard InChI is InChI=1S/C28H27N3O5S.BrH/c1-15-24-17(14-35-3)8-9-19(16(2)32)26(24)37-25(15)27(33)30-23-11-10-20-21(6-5-7-22(20)29-23)28(34)31-12-18(13-31)36-4;/h5-11,18H,12-14H2,1-4H3,(H,29,30,33);1H. The number of ether oxygens (including phenoxy) is 2. The number of rotatable bonds is 7. The van der Waals surface area contributed by atoms with E-state index in [1.54, 1.807) is 49.5 Å². The number of methoxy groups -OCH3 is 2. The Morgan fingerprint density at radius 1 is 1.08 bits per heavy atom. The normalized spacial score (nSPS) is 13.3. The van der Waals surface area contributed by atoms with Gasteiger partial charge >= 0.3 is 0 Å². The van der Waals surface area contributed by atoms with E-state index in [4.69, 9.17) is 9.47 Å². The van der Waals surface area contributed by atoms with Crippen molar-refractivity contribution in [2.75, 3.05) is 32.6 Å². The summed E-state index contributed by atoms with van der Waals surface area (Å²) in [6.45, 7) is 4.92. The van der Waals surface area contributed by atoms with Crippen molar-refractivity contribution in [1.82, 2.24) is 9.88 Å². The lowest BCUT2D eigenvalue weighted by molar-refractivity contribution is -0.0191. The van der Waals surface area contributed by atoms with Crippen molar-refractivity contribution in [2.45, 2.75) is 26.6 Å². The Kier molecular flexibility index (Phi) is 8.27. The third-order valence-electron chi connectivity index (χ3n) is 6.72. The van der Waals surface area contributed by atoms with Crippen LogP contribution in [0.2, 0.25) is 0 Å². The molecule has 2 amide bonds. The number of anilines is 1. The summed E-state index contributed by atoms with van der Waals surface area (Å²) in [7, 11) is 3.26. The first-order valence-corrected chi connectivity index (χ1v) is 12.7. The van der Waals surface area contributed by atoms with Gasteiger partial charge in [-0.1, -0.05) is 12.1 Å². The van der Waals surface area contributed by atoms with Crippen LogP contribution in [0.3, 0.4) is 0 Å². The molecule has 0 bridgehead atoms. The van der Waals surface area contributed by atoms with Crippen LogP contribution >= 0.6 is 28.3 Å². The summed E-state index contributed by atoms with van der Waals surface area (Å²) in [5, 5.41) is 4.49. The predicted octanol–water partition coefficient (Wildman–Crippen LogP) is 5.41. The number of likely N-dealkylation sites (tertiary alicyclic amines) is 1. The first-order valence-electron chi connectivity index (χ1n) is 11.9. The Morgan fingerprint density at radius 3 is 2.53 bits per heavy atom. The van der Waals surface area contributed by atoms with Gasteiger partial charge < -0.3 is 19.7 Å². The van der Waals surface area contributed by atoms with Gasteiger partial charge in [-0.15, -0.1) is 28.3 Å². The molecular formula is C28H28BrN3O5S. The van der Waals surface area contributed by atoms with Crippen LogP contribution < -0.4 is 5.32 Å². The van der Waals surface area contributed by atoms with E-state index in [1.165, 1.54) is 18.3 Å². The molecule has 38 heavy (non-hydrogen) atoms. The zero-order valence-corrected chi connectivity index (χ0v) is 24.0. The van der Waals surface area contributed by atoms with Crippen LogP contribution in [0.4, 0.5) is 5.82 Å². The van der Waals surface area contributed by atoms with E-state index in [1.807, 2.05) is 19.1 Å². The highest BCUT2D eigenvalue weighted by molar-refractivity contribution is 8.93. The molecule has 1 aliphatic heterocycles. The molecule has 5 rings (SSSR count). The minimum absolute atomic E-state index is 0. The molecule has 0 unspecified atom stereocenters. The van der Waals surface area contributed by atoms with Gasteiger partial charge in [-0.2, -0.15) is 0 Å². The molecule has 198 valence electrons. The number of fused-ring (bicyclic) bond motifs is 2. The van der Waals surface area contributed by atoms with Gasteiger partial charge in [0.1, 0.15) is 5.82 Å². The zero-order valence-electron chi connectivity index (χ0n) is 21.5. The van der Waals surface area contributed by atoms with Crippen LogP contribution in [0.15, 0.2) is 42.5 Å². The fourth-order valence-electron chi connectivity index (χ4n) is 4.71. The molecule has 2 aromatic carbocycles. The van der Waals surface area contributed by atoms with Crippen LogP contribution in [0, 0.1) is 6.92 Å². The minimum Gasteiger partial charge on any atom is -0.380 e. The monoisotopic (exact) mass is 597 g/mol. The van der Waals surface area contributed by atoms with E-state index in [-0.39, 0.29) is 40.7 Å². The number of carbonyl (C=O) groups is 3. The van der Waals surface area contributed by atoms with Gasteiger partial charge in [-0.3, -0.25) is 14.4 Å². The number of Topliss-reactive ketones (excluding diaryl/α,β-unsaturated/α-hetero) is 1. The first-order chi connectivity index (χ1) is 17.8. The largest absolute Gasteiger partial charge is 0.380 e. The third kappa shape index (κ3) is 4.96. The second-order valence-corrected chi connectivity index (χ2v) is 10.1. The molecule has 2 aromatic heterocycles. The number of halogens is 1. The van der Waals surface area contributed by atoms with E-state index in [9.17, 15) is 14.4 Å². The van der Waals surface area contributed by atoms with Gasteiger partial charge in [-0.25, -0.2) is 4.98 Å². The lowest BCUT2D eigenvalue weighted by atomic mass is 10.0. The Hall–Kier alpha value is -3.18. The topological polar surface area (TPSA) is 97.8 Å². The molecule has 0 saturated carbocycles. The van der Waals surface area contributed by atoms with Crippen LogP contribution in [-0.4, -0.2) is 60.9 Å². The number of ketones is 1. The van der Waals surface area contributed by atoms with Gasteiger partial charge in [0.15, 0.2) is 5.78 Å². The molecule has 8 nitrogen and oxygen atoms in total. The number of aromatic nitrogens is 1. The lowest BCUT2D eigenvalue weighted by Gasteiger charge is -2.38. The molecule has 4 aromatic rings. The van der Waals surface area contributed by atoms with Crippen molar-refractivity contribution in [2.24, 2.45) is 0 Å². The average Bonchev–Trinajstić information content (AvgIpc) is 3.20. The summed E-state index contributed by atoms with van der Waals surface area (Å²) in [5.41, 5.74) is 3.49. The average molecular weight is 599 g/mol. The van der Waals surface area contributed by atoms with Gasteiger partial charge in [0.25, 0.3) is 11.8 Å². The Bertz CT molecular complexity index is 1560. The van der Waals surface area contributed by atoms with E-state index in [0.717, 1.165) is 26.6 Å². The Balaban J connectivity index is 0.00000336. The van der Waals surface area contributed by atoms with Gasteiger partial charge in [0.05, 0.1) is 23.1 Å². The van der Waals surface area contributed by atoms with Crippen LogP contribution in [0.25, 0.3) is 21.0 Å². The van der Waals surface area contributed by atoms with E-state index < -0.39 is 0 Å². The van der Waals surface area contributed by atoms with Crippen molar-refractivity contribution >= 4 is 72.7 Å². The van der Waals surface area contributed by atoms with Gasteiger partial charge in [-0.05, 0) is 55.3 Å². The van der Waals surface area contributed by atoms with E-state index in [0.29, 0.717) is 47.0 Å². The SMILES string of the molecule is Br.COCc1ccc(C(C)=O)c2sc(C(=O)Nc3ccc4c(C(=O)N5CC(OC)C5)cccc4n3)c(C)c12. The summed E-state index contributed by atoms with van der Waals surface area (Å²) < 4.78 is 11.4. The molecule has 1 fully saturated rings. The highest BCUT2D eigenvalue weighted by atomic mass is 79.9. The number of nitrogens with one attached hydrogen (secondary N) is 1. The van der Waals surface area contributed by atoms with Crippen molar-refractivity contribution < 1.29 is 23.9 Å². The first kappa shape index (κ1) is 27.8. The van der Waals surface area contributed by atoms with Crippen molar-refractivity contribution in [3.8, 4) is 0 Å². The second kappa shape index (κ2) is 11.3. The maximum Gasteiger partial charge on any atom is 0.267 e. The number of hydrogen-bond acceptors (Lipinski definition) is 7. The fraction of sp³-hybridized carbons (Fsp3) is 0.286. The van der Waals surface area contributed by atoms with Crippen LogP contribution in [0.5, 0.6) is 0 Å². The molecule has 3 heterocycles. The summed E-state index contributed by atoms with van der Waals surface area (Å²) in [6, 6.07) is 12.6. The molecule has 0 spiro atoms. The summed E-state index contributed by atoms with van der Waals surface area (Å²) in [4.78, 5) is 45.4. The molecule has 0 atom stereocenters. The number of hydrogen-bond donors (Lipinski definition) is 1. The number of thiophene rings is 1. The molecular weight excluding hydrogens is 570 g/mol. The Labute approximate surface area is 234 Å². The zero-order chi connectivity index (χ0) is 26.3. The Morgan fingerprint density at radius 2 is 1.84 bits per heavy atom. The number of nitrogens with zero attached hydrogens (tertiary/aromatic N) is 2. The summed E-state index contributed by atoms with van der Waals surface area (Å²) in [5.74, 6) is -0.0423. The molecule has 10 heteroatoms. The second-order valence-electron chi connectivity index (χ2n) is 9.11. The number of amides is 2. The molecule has 1 saturated heterocycles. The maximum atomic E-state index is 13.3. The smallest absolute Gasteiger partial charge is 0.267 e. The lowest BCUT2D eigenvalue weighted by Crippen LogP contribution is -2.54. The minimum atomic E-state index is -0.304. The highest BCUT2D eigenvalue weighted by Crippen LogP contribution is 2.37. The maximum absolute atomic E-state index is 13.3. The molecule has 1 aliphatic rings.